The van der Waals surface area contributed by atoms with Crippen molar-refractivity contribution >= 4 is 17.8 Å². The van der Waals surface area contributed by atoms with E-state index in [2.05, 4.69) is 12.1 Å². The third-order valence-electron chi connectivity index (χ3n) is 5.39. The molecule has 0 unspecified atom stereocenters. The van der Waals surface area contributed by atoms with Crippen molar-refractivity contribution in [2.24, 2.45) is 5.92 Å². The van der Waals surface area contributed by atoms with Gasteiger partial charge >= 0.3 is 5.97 Å². The number of Topliss-reactive ketones (excluding diaryl/α,β-unsaturated/α-hetero) is 1. The normalized spacial score (nSPS) is 16.3. The lowest BCUT2D eigenvalue weighted by atomic mass is 10.0. The first-order valence-corrected chi connectivity index (χ1v) is 10.0. The smallest absolute Gasteiger partial charge is 0.314 e. The van der Waals surface area contributed by atoms with E-state index in [9.17, 15) is 9.59 Å². The van der Waals surface area contributed by atoms with Gasteiger partial charge in [-0.05, 0) is 54.2 Å². The first-order valence-electron chi connectivity index (χ1n) is 10.0. The molecule has 0 saturated heterocycles. The number of aryl methyl sites for hydroxylation is 1. The average molecular weight is 396 g/mol. The molecule has 1 fully saturated rings. The molecule has 1 aliphatic carbocycles. The Labute approximate surface area is 174 Å². The molecule has 5 rings (SSSR count). The van der Waals surface area contributed by atoms with E-state index < -0.39 is 0 Å². The largest absolute Gasteiger partial charge is 0.452 e. The first-order chi connectivity index (χ1) is 14.6. The highest BCUT2D eigenvalue weighted by Crippen LogP contribution is 2.38. The van der Waals surface area contributed by atoms with E-state index in [4.69, 9.17) is 9.47 Å². The summed E-state index contributed by atoms with van der Waals surface area (Å²) < 4.78 is 11.3. The van der Waals surface area contributed by atoms with Crippen molar-refractivity contribution in [1.29, 1.82) is 0 Å². The van der Waals surface area contributed by atoms with Gasteiger partial charge in [-0.25, -0.2) is 0 Å². The van der Waals surface area contributed by atoms with Crippen LogP contribution in [0.2, 0.25) is 0 Å². The summed E-state index contributed by atoms with van der Waals surface area (Å²) in [6, 6.07) is 21.4. The molecule has 1 aliphatic heterocycles. The number of ketones is 1. The molecule has 4 nitrogen and oxygen atoms in total. The minimum Gasteiger partial charge on any atom is -0.452 e. The van der Waals surface area contributed by atoms with Crippen LogP contribution in [0.5, 0.6) is 11.5 Å². The zero-order chi connectivity index (χ0) is 20.7. The van der Waals surface area contributed by atoms with Gasteiger partial charge in [-0.3, -0.25) is 9.59 Å². The lowest BCUT2D eigenvalue weighted by Gasteiger charge is -2.07. The molecule has 30 heavy (non-hydrogen) atoms. The highest BCUT2D eigenvalue weighted by Gasteiger charge is 2.33. The number of rotatable bonds is 4. The number of hydrogen-bond donors (Lipinski definition) is 0. The Morgan fingerprint density at radius 1 is 1.00 bits per heavy atom. The van der Waals surface area contributed by atoms with Crippen LogP contribution in [0.3, 0.4) is 0 Å². The Bertz CT molecular complexity index is 1170. The van der Waals surface area contributed by atoms with Crippen molar-refractivity contribution in [3.05, 3.63) is 89.2 Å². The second-order valence-electron chi connectivity index (χ2n) is 7.74. The Morgan fingerprint density at radius 3 is 2.40 bits per heavy atom. The fraction of sp³-hybridized carbons (Fsp3) is 0.154. The zero-order valence-corrected chi connectivity index (χ0v) is 16.6. The molecule has 0 bridgehead atoms. The fourth-order valence-corrected chi connectivity index (χ4v) is 3.61. The maximum atomic E-state index is 12.9. The molecule has 3 aromatic carbocycles. The number of ether oxygens (including phenoxy) is 2. The highest BCUT2D eigenvalue weighted by molar-refractivity contribution is 6.15. The summed E-state index contributed by atoms with van der Waals surface area (Å²) in [5, 5.41) is 0. The second-order valence-corrected chi connectivity index (χ2v) is 7.74. The Kier molecular flexibility index (Phi) is 4.47. The zero-order valence-electron chi connectivity index (χ0n) is 16.6. The lowest BCUT2D eigenvalue weighted by Crippen LogP contribution is -2.10. The summed E-state index contributed by atoms with van der Waals surface area (Å²) in [4.78, 5) is 24.8. The van der Waals surface area contributed by atoms with Crippen molar-refractivity contribution in [3.8, 4) is 22.6 Å². The first kappa shape index (κ1) is 18.4. The van der Waals surface area contributed by atoms with Crippen LogP contribution >= 0.6 is 0 Å². The quantitative estimate of drug-likeness (QED) is 0.328. The molecule has 0 aromatic heterocycles. The van der Waals surface area contributed by atoms with Gasteiger partial charge in [0.1, 0.15) is 11.5 Å². The van der Waals surface area contributed by atoms with Gasteiger partial charge in [0.25, 0.3) is 0 Å². The molecule has 0 amide bonds. The average Bonchev–Trinajstić information content (AvgIpc) is 3.55. The molecule has 0 spiro atoms. The van der Waals surface area contributed by atoms with Gasteiger partial charge in [-0.15, -0.1) is 0 Å². The van der Waals surface area contributed by atoms with Crippen LogP contribution < -0.4 is 9.47 Å². The second kappa shape index (κ2) is 7.30. The number of allylic oxidation sites excluding steroid dienone is 1. The molecular formula is C26H20O4. The van der Waals surface area contributed by atoms with Crippen molar-refractivity contribution in [2.75, 3.05) is 0 Å². The molecule has 1 heterocycles. The number of benzene rings is 3. The van der Waals surface area contributed by atoms with E-state index >= 15 is 0 Å². The molecule has 4 heteroatoms. The summed E-state index contributed by atoms with van der Waals surface area (Å²) in [6.07, 6.45) is 3.51. The van der Waals surface area contributed by atoms with E-state index in [1.165, 1.54) is 0 Å². The van der Waals surface area contributed by atoms with E-state index in [1.54, 1.807) is 18.2 Å². The third-order valence-corrected chi connectivity index (χ3v) is 5.39. The van der Waals surface area contributed by atoms with Crippen LogP contribution in [-0.4, -0.2) is 11.8 Å². The number of hydrogen-bond acceptors (Lipinski definition) is 4. The van der Waals surface area contributed by atoms with Gasteiger partial charge in [-0.2, -0.15) is 0 Å². The van der Waals surface area contributed by atoms with Crippen LogP contribution in [0.15, 0.2) is 72.5 Å². The van der Waals surface area contributed by atoms with Crippen LogP contribution in [-0.2, 0) is 4.79 Å². The standard InChI is InChI=1S/C26H20O4/c1-16-13-21(29-26(28)20-11-12-20)15-22-24(16)25(27)23(30-22)14-17-7-9-19(10-8-17)18-5-3-2-4-6-18/h2-10,13-15,20H,11-12H2,1H3/b23-14-. The summed E-state index contributed by atoms with van der Waals surface area (Å²) in [6.45, 7) is 1.83. The van der Waals surface area contributed by atoms with E-state index in [0.717, 1.165) is 35.1 Å². The molecule has 0 N–H and O–H groups in total. The predicted molar refractivity (Wildman–Crippen MR) is 114 cm³/mol. The molecule has 0 radical (unpaired) electrons. The van der Waals surface area contributed by atoms with Crippen LogP contribution in [0, 0.1) is 12.8 Å². The van der Waals surface area contributed by atoms with Gasteiger partial charge in [0, 0.05) is 6.07 Å². The molecule has 2 aliphatic rings. The summed E-state index contributed by atoms with van der Waals surface area (Å²) >= 11 is 0. The molecule has 0 atom stereocenters. The number of esters is 1. The third kappa shape index (κ3) is 3.52. The number of carbonyl (C=O) groups excluding carboxylic acids is 2. The summed E-state index contributed by atoms with van der Waals surface area (Å²) in [5.41, 5.74) is 4.38. The van der Waals surface area contributed by atoms with E-state index in [1.807, 2.05) is 49.4 Å². The fourth-order valence-electron chi connectivity index (χ4n) is 3.61. The molecule has 148 valence electrons. The summed E-state index contributed by atoms with van der Waals surface area (Å²) in [5.74, 6) is 0.763. The van der Waals surface area contributed by atoms with Crippen molar-refractivity contribution in [2.45, 2.75) is 19.8 Å². The Morgan fingerprint density at radius 2 is 1.70 bits per heavy atom. The topological polar surface area (TPSA) is 52.6 Å². The van der Waals surface area contributed by atoms with Gasteiger partial charge in [0.05, 0.1) is 11.5 Å². The Balaban J connectivity index is 1.38. The molecular weight excluding hydrogens is 376 g/mol. The van der Waals surface area contributed by atoms with Gasteiger partial charge in [0.2, 0.25) is 5.78 Å². The van der Waals surface area contributed by atoms with Crippen molar-refractivity contribution in [1.82, 2.24) is 0 Å². The van der Waals surface area contributed by atoms with Gasteiger partial charge in [0.15, 0.2) is 5.76 Å². The van der Waals surface area contributed by atoms with Crippen molar-refractivity contribution in [3.63, 3.8) is 0 Å². The highest BCUT2D eigenvalue weighted by atomic mass is 16.5. The maximum absolute atomic E-state index is 12.9. The minimum atomic E-state index is -0.215. The van der Waals surface area contributed by atoms with Crippen LogP contribution in [0.1, 0.15) is 34.3 Å². The number of carbonyl (C=O) groups is 2. The monoisotopic (exact) mass is 396 g/mol. The minimum absolute atomic E-state index is 0.00965. The van der Waals surface area contributed by atoms with Crippen molar-refractivity contribution < 1.29 is 19.1 Å². The maximum Gasteiger partial charge on any atom is 0.314 e. The summed E-state index contributed by atoms with van der Waals surface area (Å²) in [7, 11) is 0. The predicted octanol–water partition coefficient (Wildman–Crippen LogP) is 5.59. The Hall–Kier alpha value is -3.66. The SMILES string of the molecule is Cc1cc(OC(=O)C2CC2)cc2c1C(=O)/C(=C/c1ccc(-c3ccccc3)cc1)O2. The van der Waals surface area contributed by atoms with E-state index in [-0.39, 0.29) is 23.4 Å². The van der Waals surface area contributed by atoms with Gasteiger partial charge in [-0.1, -0.05) is 54.6 Å². The lowest BCUT2D eigenvalue weighted by molar-refractivity contribution is -0.135. The molecule has 1 saturated carbocycles. The number of fused-ring (bicyclic) bond motifs is 1. The van der Waals surface area contributed by atoms with Crippen LogP contribution in [0.4, 0.5) is 0 Å². The molecule has 3 aromatic rings. The van der Waals surface area contributed by atoms with E-state index in [0.29, 0.717) is 17.1 Å². The van der Waals surface area contributed by atoms with Crippen LogP contribution in [0.25, 0.3) is 17.2 Å². The van der Waals surface area contributed by atoms with Gasteiger partial charge < -0.3 is 9.47 Å².